The molecule has 0 aromatic heterocycles. The van der Waals surface area contributed by atoms with E-state index in [2.05, 4.69) is 38.2 Å². The molecule has 0 aliphatic carbocycles. The molecule has 0 radical (unpaired) electrons. The SMILES string of the molecule is CC(=O)Oc1cccc(C(=O)NCC2CCN(C(=O)CCCOc3ccc(C(C)(C)C)cc3)CC2)c1. The van der Waals surface area contributed by atoms with E-state index < -0.39 is 5.97 Å². The van der Waals surface area contributed by atoms with Crippen LogP contribution in [0.15, 0.2) is 48.5 Å². The number of rotatable bonds is 9. The Hall–Kier alpha value is -3.35. The van der Waals surface area contributed by atoms with Gasteiger partial charge in [-0.15, -0.1) is 0 Å². The number of ether oxygens (including phenoxy) is 2. The highest BCUT2D eigenvalue weighted by atomic mass is 16.5. The minimum atomic E-state index is -0.424. The lowest BCUT2D eigenvalue weighted by molar-refractivity contribution is -0.133. The number of piperidine rings is 1. The molecule has 36 heavy (non-hydrogen) atoms. The zero-order valence-electron chi connectivity index (χ0n) is 21.8. The Morgan fingerprint density at radius 2 is 1.69 bits per heavy atom. The molecular formula is C29H38N2O5. The molecule has 0 spiro atoms. The number of benzene rings is 2. The highest BCUT2D eigenvalue weighted by molar-refractivity contribution is 5.94. The number of carbonyl (C=O) groups excluding carboxylic acids is 3. The lowest BCUT2D eigenvalue weighted by atomic mass is 9.87. The number of esters is 1. The molecule has 3 rings (SSSR count). The van der Waals surface area contributed by atoms with Gasteiger partial charge in [0.15, 0.2) is 0 Å². The molecule has 1 N–H and O–H groups in total. The molecular weight excluding hydrogens is 456 g/mol. The molecule has 1 heterocycles. The quantitative estimate of drug-likeness (QED) is 0.309. The van der Waals surface area contributed by atoms with E-state index in [1.54, 1.807) is 24.3 Å². The average Bonchev–Trinajstić information content (AvgIpc) is 2.85. The van der Waals surface area contributed by atoms with Gasteiger partial charge in [-0.2, -0.15) is 0 Å². The maximum absolute atomic E-state index is 12.6. The first-order chi connectivity index (χ1) is 17.1. The molecule has 0 saturated carbocycles. The van der Waals surface area contributed by atoms with Crippen LogP contribution >= 0.6 is 0 Å². The fourth-order valence-corrected chi connectivity index (χ4v) is 4.22. The number of carbonyl (C=O) groups is 3. The van der Waals surface area contributed by atoms with Gasteiger partial charge in [-0.1, -0.05) is 39.0 Å². The van der Waals surface area contributed by atoms with Crippen molar-refractivity contribution in [3.05, 3.63) is 59.7 Å². The maximum atomic E-state index is 12.6. The second-order valence-electron chi connectivity index (χ2n) is 10.4. The van der Waals surface area contributed by atoms with E-state index >= 15 is 0 Å². The summed E-state index contributed by atoms with van der Waals surface area (Å²) in [6.07, 6.45) is 2.87. The van der Waals surface area contributed by atoms with E-state index in [9.17, 15) is 14.4 Å². The summed E-state index contributed by atoms with van der Waals surface area (Å²) in [6.45, 7) is 10.4. The number of likely N-dealkylation sites (tertiary alicyclic amines) is 1. The van der Waals surface area contributed by atoms with Gasteiger partial charge < -0.3 is 19.7 Å². The van der Waals surface area contributed by atoms with Crippen LogP contribution in [-0.2, 0) is 15.0 Å². The fourth-order valence-electron chi connectivity index (χ4n) is 4.22. The second kappa shape index (κ2) is 12.6. The van der Waals surface area contributed by atoms with Crippen molar-refractivity contribution in [2.45, 2.75) is 58.8 Å². The van der Waals surface area contributed by atoms with Crippen LogP contribution in [0, 0.1) is 5.92 Å². The molecule has 1 aliphatic heterocycles. The first-order valence-electron chi connectivity index (χ1n) is 12.7. The van der Waals surface area contributed by atoms with E-state index in [4.69, 9.17) is 9.47 Å². The van der Waals surface area contributed by atoms with Crippen molar-refractivity contribution < 1.29 is 23.9 Å². The van der Waals surface area contributed by atoms with E-state index in [1.807, 2.05) is 17.0 Å². The summed E-state index contributed by atoms with van der Waals surface area (Å²) in [4.78, 5) is 38.1. The predicted octanol–water partition coefficient (Wildman–Crippen LogP) is 4.74. The summed E-state index contributed by atoms with van der Waals surface area (Å²) >= 11 is 0. The van der Waals surface area contributed by atoms with Crippen LogP contribution < -0.4 is 14.8 Å². The molecule has 1 saturated heterocycles. The Morgan fingerprint density at radius 3 is 2.33 bits per heavy atom. The van der Waals surface area contributed by atoms with Gasteiger partial charge in [-0.3, -0.25) is 14.4 Å². The van der Waals surface area contributed by atoms with Crippen molar-refractivity contribution in [3.63, 3.8) is 0 Å². The summed E-state index contributed by atoms with van der Waals surface area (Å²) in [5, 5.41) is 2.96. The van der Waals surface area contributed by atoms with Gasteiger partial charge in [0.25, 0.3) is 5.91 Å². The third-order valence-electron chi connectivity index (χ3n) is 6.40. The van der Waals surface area contributed by atoms with Gasteiger partial charge >= 0.3 is 5.97 Å². The number of hydrogen-bond acceptors (Lipinski definition) is 5. The molecule has 0 unspecified atom stereocenters. The van der Waals surface area contributed by atoms with Crippen molar-refractivity contribution in [2.24, 2.45) is 5.92 Å². The number of hydrogen-bond donors (Lipinski definition) is 1. The van der Waals surface area contributed by atoms with Crippen LogP contribution in [0.5, 0.6) is 11.5 Å². The average molecular weight is 495 g/mol. The smallest absolute Gasteiger partial charge is 0.308 e. The fraction of sp³-hybridized carbons (Fsp3) is 0.483. The summed E-state index contributed by atoms with van der Waals surface area (Å²) < 4.78 is 10.9. The van der Waals surface area contributed by atoms with Crippen LogP contribution in [0.1, 0.15) is 69.3 Å². The number of nitrogens with one attached hydrogen (secondary N) is 1. The Kier molecular flexibility index (Phi) is 9.51. The highest BCUT2D eigenvalue weighted by Crippen LogP contribution is 2.24. The van der Waals surface area contributed by atoms with E-state index in [0.717, 1.165) is 18.6 Å². The van der Waals surface area contributed by atoms with Crippen molar-refractivity contribution in [2.75, 3.05) is 26.2 Å². The summed E-state index contributed by atoms with van der Waals surface area (Å²) in [7, 11) is 0. The van der Waals surface area contributed by atoms with E-state index in [0.29, 0.717) is 56.3 Å². The zero-order chi connectivity index (χ0) is 26.1. The summed E-state index contributed by atoms with van der Waals surface area (Å²) in [5.41, 5.74) is 1.83. The van der Waals surface area contributed by atoms with Gasteiger partial charge in [-0.25, -0.2) is 0 Å². The maximum Gasteiger partial charge on any atom is 0.308 e. The molecule has 2 aromatic carbocycles. The minimum absolute atomic E-state index is 0.113. The van der Waals surface area contributed by atoms with Gasteiger partial charge in [0.2, 0.25) is 5.91 Å². The van der Waals surface area contributed by atoms with Crippen LogP contribution in [-0.4, -0.2) is 48.9 Å². The number of nitrogens with zero attached hydrogens (tertiary/aromatic N) is 1. The Balaban J connectivity index is 1.32. The highest BCUT2D eigenvalue weighted by Gasteiger charge is 2.23. The molecule has 0 atom stereocenters. The zero-order valence-corrected chi connectivity index (χ0v) is 21.8. The molecule has 1 fully saturated rings. The Morgan fingerprint density at radius 1 is 1.00 bits per heavy atom. The summed E-state index contributed by atoms with van der Waals surface area (Å²) in [5.74, 6) is 1.05. The molecule has 7 nitrogen and oxygen atoms in total. The lowest BCUT2D eigenvalue weighted by Crippen LogP contribution is -2.41. The van der Waals surface area contributed by atoms with Crippen molar-refractivity contribution in [3.8, 4) is 11.5 Å². The van der Waals surface area contributed by atoms with Gasteiger partial charge in [0.05, 0.1) is 6.61 Å². The second-order valence-corrected chi connectivity index (χ2v) is 10.4. The lowest BCUT2D eigenvalue weighted by Gasteiger charge is -2.32. The monoisotopic (exact) mass is 494 g/mol. The van der Waals surface area contributed by atoms with Crippen LogP contribution in [0.3, 0.4) is 0 Å². The third-order valence-corrected chi connectivity index (χ3v) is 6.40. The van der Waals surface area contributed by atoms with Crippen molar-refractivity contribution in [1.82, 2.24) is 10.2 Å². The third kappa shape index (κ3) is 8.40. The van der Waals surface area contributed by atoms with Crippen molar-refractivity contribution >= 4 is 17.8 Å². The normalized spacial score (nSPS) is 14.3. The first-order valence-corrected chi connectivity index (χ1v) is 12.7. The molecule has 2 aromatic rings. The van der Waals surface area contributed by atoms with Crippen LogP contribution in [0.2, 0.25) is 0 Å². The topological polar surface area (TPSA) is 84.9 Å². The van der Waals surface area contributed by atoms with E-state index in [1.165, 1.54) is 12.5 Å². The molecule has 2 amide bonds. The van der Waals surface area contributed by atoms with Crippen LogP contribution in [0.4, 0.5) is 0 Å². The molecule has 1 aliphatic rings. The predicted molar refractivity (Wildman–Crippen MR) is 139 cm³/mol. The van der Waals surface area contributed by atoms with Gasteiger partial charge in [0.1, 0.15) is 11.5 Å². The molecule has 0 bridgehead atoms. The standard InChI is InChI=1S/C29H38N2O5/c1-21(32)36-26-8-5-7-23(19-26)28(34)30-20-22-14-16-31(17-15-22)27(33)9-6-18-35-25-12-10-24(11-13-25)29(2,3)4/h5,7-8,10-13,19,22H,6,9,14-18,20H2,1-4H3,(H,30,34). The first kappa shape index (κ1) is 27.2. The van der Waals surface area contributed by atoms with E-state index in [-0.39, 0.29) is 17.2 Å². The largest absolute Gasteiger partial charge is 0.494 e. The Labute approximate surface area is 214 Å². The molecule has 194 valence electrons. The van der Waals surface area contributed by atoms with Gasteiger partial charge in [-0.05, 0) is 66.5 Å². The number of amides is 2. The van der Waals surface area contributed by atoms with Gasteiger partial charge in [0, 0.05) is 38.5 Å². The van der Waals surface area contributed by atoms with Crippen LogP contribution in [0.25, 0.3) is 0 Å². The summed E-state index contributed by atoms with van der Waals surface area (Å²) in [6, 6.07) is 14.7. The minimum Gasteiger partial charge on any atom is -0.494 e. The Bertz CT molecular complexity index is 1030. The molecule has 7 heteroatoms. The van der Waals surface area contributed by atoms with Crippen molar-refractivity contribution in [1.29, 1.82) is 0 Å².